The van der Waals surface area contributed by atoms with Gasteiger partial charge in [0.05, 0.1) is 5.56 Å². The van der Waals surface area contributed by atoms with Crippen LogP contribution in [0, 0.1) is 11.3 Å². The minimum absolute atomic E-state index is 0.498. The average molecular weight is 260 g/mol. The van der Waals surface area contributed by atoms with E-state index in [2.05, 4.69) is 22.9 Å². The zero-order chi connectivity index (χ0) is 13.7. The molecule has 5 heteroatoms. The second-order valence-corrected chi connectivity index (χ2v) is 4.86. The van der Waals surface area contributed by atoms with Gasteiger partial charge in [-0.25, -0.2) is 0 Å². The minimum Gasteiger partial charge on any atom is -0.491 e. The predicted molar refractivity (Wildman–Crippen MR) is 75.0 cm³/mol. The molecule has 0 atom stereocenters. The number of hydrogen-bond donors (Lipinski definition) is 1. The zero-order valence-electron chi connectivity index (χ0n) is 11.3. The molecular weight excluding hydrogens is 240 g/mol. The summed E-state index contributed by atoms with van der Waals surface area (Å²) < 4.78 is 5.68. The summed E-state index contributed by atoms with van der Waals surface area (Å²) in [5.74, 6) is 0.617. The van der Waals surface area contributed by atoms with Crippen LogP contribution in [0.2, 0.25) is 0 Å². The number of hydrogen-bond acceptors (Lipinski definition) is 5. The van der Waals surface area contributed by atoms with Crippen molar-refractivity contribution < 1.29 is 4.74 Å². The highest BCUT2D eigenvalue weighted by molar-refractivity contribution is 5.53. The summed E-state index contributed by atoms with van der Waals surface area (Å²) in [6.45, 7) is 5.85. The van der Waals surface area contributed by atoms with Gasteiger partial charge in [0.25, 0.3) is 0 Å². The van der Waals surface area contributed by atoms with Gasteiger partial charge in [0, 0.05) is 38.4 Å². The third-order valence-electron chi connectivity index (χ3n) is 3.39. The Labute approximate surface area is 114 Å². The zero-order valence-corrected chi connectivity index (χ0v) is 11.3. The van der Waals surface area contributed by atoms with Crippen molar-refractivity contribution in [1.82, 2.24) is 9.80 Å². The van der Waals surface area contributed by atoms with Gasteiger partial charge in [-0.15, -0.1) is 0 Å². The Kier molecular flexibility index (Phi) is 4.61. The molecule has 0 unspecified atom stereocenters. The van der Waals surface area contributed by atoms with Crippen molar-refractivity contribution >= 4 is 5.69 Å². The molecule has 1 aliphatic heterocycles. The van der Waals surface area contributed by atoms with Crippen LogP contribution < -0.4 is 10.5 Å². The van der Waals surface area contributed by atoms with Crippen molar-refractivity contribution in [3.63, 3.8) is 0 Å². The van der Waals surface area contributed by atoms with Crippen LogP contribution in [0.5, 0.6) is 5.75 Å². The normalized spacial score (nSPS) is 17.1. The number of ether oxygens (including phenoxy) is 1. The molecule has 2 N–H and O–H groups in total. The second kappa shape index (κ2) is 6.41. The molecule has 0 radical (unpaired) electrons. The maximum absolute atomic E-state index is 9.02. The van der Waals surface area contributed by atoms with Gasteiger partial charge in [-0.3, -0.25) is 4.90 Å². The largest absolute Gasteiger partial charge is 0.491 e. The summed E-state index contributed by atoms with van der Waals surface area (Å²) in [4.78, 5) is 4.70. The van der Waals surface area contributed by atoms with Crippen molar-refractivity contribution in [3.05, 3.63) is 23.8 Å². The predicted octanol–water partition coefficient (Wildman–Crippen LogP) is 0.767. The number of piperazine rings is 1. The van der Waals surface area contributed by atoms with E-state index in [0.717, 1.165) is 32.7 Å². The molecule has 0 amide bonds. The smallest absolute Gasteiger partial charge is 0.137 e. The van der Waals surface area contributed by atoms with E-state index in [9.17, 15) is 0 Å². The summed E-state index contributed by atoms with van der Waals surface area (Å²) in [5, 5.41) is 9.02. The van der Waals surface area contributed by atoms with Crippen LogP contribution in [0.15, 0.2) is 18.2 Å². The van der Waals surface area contributed by atoms with E-state index in [-0.39, 0.29) is 0 Å². The second-order valence-electron chi connectivity index (χ2n) is 4.86. The molecule has 102 valence electrons. The van der Waals surface area contributed by atoms with Crippen LogP contribution in [-0.2, 0) is 0 Å². The molecule has 0 spiro atoms. The first-order chi connectivity index (χ1) is 9.19. The lowest BCUT2D eigenvalue weighted by Crippen LogP contribution is -2.45. The quantitative estimate of drug-likeness (QED) is 0.810. The number of nitriles is 1. The lowest BCUT2D eigenvalue weighted by atomic mass is 10.2. The van der Waals surface area contributed by atoms with Crippen molar-refractivity contribution in [2.45, 2.75) is 0 Å². The topological polar surface area (TPSA) is 65.5 Å². The van der Waals surface area contributed by atoms with Gasteiger partial charge in [-0.1, -0.05) is 0 Å². The molecule has 1 aromatic carbocycles. The first kappa shape index (κ1) is 13.7. The summed E-state index contributed by atoms with van der Waals surface area (Å²) in [7, 11) is 2.14. The van der Waals surface area contributed by atoms with Crippen LogP contribution in [0.4, 0.5) is 5.69 Å². The fraction of sp³-hybridized carbons (Fsp3) is 0.500. The van der Waals surface area contributed by atoms with E-state index in [4.69, 9.17) is 15.7 Å². The van der Waals surface area contributed by atoms with E-state index in [1.807, 2.05) is 0 Å². The third-order valence-corrected chi connectivity index (χ3v) is 3.39. The number of rotatable bonds is 4. The molecule has 0 bridgehead atoms. The Bertz CT molecular complexity index is 461. The van der Waals surface area contributed by atoms with Gasteiger partial charge in [0.1, 0.15) is 18.4 Å². The first-order valence-electron chi connectivity index (χ1n) is 6.52. The lowest BCUT2D eigenvalue weighted by Gasteiger charge is -2.32. The fourth-order valence-corrected chi connectivity index (χ4v) is 2.12. The molecule has 1 aromatic rings. The van der Waals surface area contributed by atoms with Gasteiger partial charge < -0.3 is 15.4 Å². The molecule has 0 saturated carbocycles. The molecule has 1 fully saturated rings. The summed E-state index contributed by atoms with van der Waals surface area (Å²) in [6, 6.07) is 7.27. The van der Waals surface area contributed by atoms with Gasteiger partial charge in [0.2, 0.25) is 0 Å². The Morgan fingerprint density at radius 2 is 2.05 bits per heavy atom. The maximum atomic E-state index is 9.02. The molecule has 2 rings (SSSR count). The molecular formula is C14H20N4O. The molecule has 1 saturated heterocycles. The minimum atomic E-state index is 0.498. The fourth-order valence-electron chi connectivity index (χ4n) is 2.12. The number of nitrogens with zero attached hydrogens (tertiary/aromatic N) is 3. The maximum Gasteiger partial charge on any atom is 0.137 e. The number of benzene rings is 1. The molecule has 1 heterocycles. The number of nitrogen functional groups attached to an aromatic ring is 1. The lowest BCUT2D eigenvalue weighted by molar-refractivity contribution is 0.133. The van der Waals surface area contributed by atoms with Crippen LogP contribution >= 0.6 is 0 Å². The van der Waals surface area contributed by atoms with Crippen molar-refractivity contribution in [2.75, 3.05) is 52.1 Å². The van der Waals surface area contributed by atoms with Gasteiger partial charge in [-0.05, 0) is 25.2 Å². The van der Waals surface area contributed by atoms with E-state index in [0.29, 0.717) is 23.6 Å². The van der Waals surface area contributed by atoms with Crippen molar-refractivity contribution in [1.29, 1.82) is 5.26 Å². The summed E-state index contributed by atoms with van der Waals surface area (Å²) in [5.41, 5.74) is 6.73. The highest BCUT2D eigenvalue weighted by Crippen LogP contribution is 2.20. The van der Waals surface area contributed by atoms with Crippen LogP contribution in [-0.4, -0.2) is 56.2 Å². The monoisotopic (exact) mass is 260 g/mol. The highest BCUT2D eigenvalue weighted by atomic mass is 16.5. The molecule has 0 aliphatic carbocycles. The number of nitrogens with two attached hydrogens (primary N) is 1. The SMILES string of the molecule is CN1CCN(CCOc2ccc(N)cc2C#N)CC1. The molecule has 0 aromatic heterocycles. The van der Waals surface area contributed by atoms with Gasteiger partial charge in [0.15, 0.2) is 0 Å². The van der Waals surface area contributed by atoms with Crippen LogP contribution in [0.25, 0.3) is 0 Å². The van der Waals surface area contributed by atoms with E-state index >= 15 is 0 Å². The third kappa shape index (κ3) is 3.85. The van der Waals surface area contributed by atoms with Crippen LogP contribution in [0.1, 0.15) is 5.56 Å². The van der Waals surface area contributed by atoms with Crippen molar-refractivity contribution in [3.8, 4) is 11.8 Å². The average Bonchev–Trinajstić information content (AvgIpc) is 2.42. The number of anilines is 1. The highest BCUT2D eigenvalue weighted by Gasteiger charge is 2.13. The first-order valence-corrected chi connectivity index (χ1v) is 6.52. The Morgan fingerprint density at radius 3 is 2.74 bits per heavy atom. The molecule has 1 aliphatic rings. The van der Waals surface area contributed by atoms with E-state index in [1.165, 1.54) is 0 Å². The Balaban J connectivity index is 1.81. The van der Waals surface area contributed by atoms with Gasteiger partial charge in [-0.2, -0.15) is 5.26 Å². The molecule has 19 heavy (non-hydrogen) atoms. The summed E-state index contributed by atoms with van der Waals surface area (Å²) >= 11 is 0. The van der Waals surface area contributed by atoms with E-state index in [1.54, 1.807) is 18.2 Å². The Hall–Kier alpha value is -1.77. The summed E-state index contributed by atoms with van der Waals surface area (Å²) in [6.07, 6.45) is 0. The standard InChI is InChI=1S/C14H20N4O/c1-17-4-6-18(7-5-17)8-9-19-14-3-2-13(16)10-12(14)11-15/h2-3,10H,4-9,16H2,1H3. The number of likely N-dealkylation sites (N-methyl/N-ethyl adjacent to an activating group) is 1. The van der Waals surface area contributed by atoms with Crippen molar-refractivity contribution in [2.24, 2.45) is 0 Å². The molecule has 5 nitrogen and oxygen atoms in total. The van der Waals surface area contributed by atoms with Gasteiger partial charge >= 0.3 is 0 Å². The Morgan fingerprint density at radius 1 is 1.32 bits per heavy atom. The van der Waals surface area contributed by atoms with E-state index < -0.39 is 0 Å². The van der Waals surface area contributed by atoms with Crippen LogP contribution in [0.3, 0.4) is 0 Å².